The molecule has 18 heavy (non-hydrogen) atoms. The molecule has 1 aromatic heterocycles. The van der Waals surface area contributed by atoms with Gasteiger partial charge in [-0.25, -0.2) is 0 Å². The fraction of sp³-hybridized carbons (Fsp3) is 0.400. The fourth-order valence-corrected chi connectivity index (χ4v) is 2.49. The lowest BCUT2D eigenvalue weighted by molar-refractivity contribution is 0.419. The number of rotatable bonds is 3. The van der Waals surface area contributed by atoms with E-state index in [2.05, 4.69) is 29.4 Å². The first-order valence-corrected chi connectivity index (χ1v) is 6.59. The molecule has 1 atom stereocenters. The van der Waals surface area contributed by atoms with Crippen LogP contribution in [0.3, 0.4) is 0 Å². The molecule has 0 radical (unpaired) electrons. The minimum atomic E-state index is -0.123. The van der Waals surface area contributed by atoms with E-state index in [4.69, 9.17) is 5.73 Å². The van der Waals surface area contributed by atoms with Crippen molar-refractivity contribution in [2.45, 2.75) is 31.2 Å². The molecule has 1 saturated carbocycles. The second-order valence-corrected chi connectivity index (χ2v) is 5.19. The molecule has 0 bridgehead atoms. The zero-order chi connectivity index (χ0) is 12.5. The van der Waals surface area contributed by atoms with Gasteiger partial charge in [-0.15, -0.1) is 0 Å². The molecule has 0 amide bonds. The normalized spacial score (nSPS) is 17.4. The average Bonchev–Trinajstić information content (AvgIpc) is 2.74. The third-order valence-electron chi connectivity index (χ3n) is 3.93. The maximum absolute atomic E-state index is 6.23. The second kappa shape index (κ2) is 4.58. The summed E-state index contributed by atoms with van der Waals surface area (Å²) in [5.41, 5.74) is 9.74. The summed E-state index contributed by atoms with van der Waals surface area (Å²) < 4.78 is 1.79. The van der Waals surface area contributed by atoms with E-state index < -0.39 is 0 Å². The summed E-state index contributed by atoms with van der Waals surface area (Å²) in [6, 6.07) is 10.6. The first-order chi connectivity index (χ1) is 8.74. The van der Waals surface area contributed by atoms with Crippen LogP contribution >= 0.6 is 0 Å². The molecule has 3 nitrogen and oxygen atoms in total. The third kappa shape index (κ3) is 2.06. The summed E-state index contributed by atoms with van der Waals surface area (Å²) in [5, 5.41) is 4.36. The van der Waals surface area contributed by atoms with E-state index in [1.54, 1.807) is 4.68 Å². The highest BCUT2D eigenvalue weighted by molar-refractivity contribution is 5.31. The zero-order valence-corrected chi connectivity index (χ0v) is 10.7. The lowest BCUT2D eigenvalue weighted by atomic mass is 9.80. The summed E-state index contributed by atoms with van der Waals surface area (Å²) in [7, 11) is 1.91. The molecule has 2 N–H and O–H groups in total. The highest BCUT2D eigenvalue weighted by atomic mass is 15.3. The summed E-state index contributed by atoms with van der Waals surface area (Å²) >= 11 is 0. The summed E-state index contributed by atoms with van der Waals surface area (Å²) in [6.07, 6.45) is 5.98. The molecular formula is C15H19N3. The fourth-order valence-electron chi connectivity index (χ4n) is 2.49. The number of nitrogens with zero attached hydrogens (tertiary/aromatic N) is 2. The Morgan fingerprint density at radius 2 is 1.94 bits per heavy atom. The van der Waals surface area contributed by atoms with Crippen molar-refractivity contribution in [3.05, 3.63) is 53.3 Å². The van der Waals surface area contributed by atoms with Gasteiger partial charge >= 0.3 is 0 Å². The van der Waals surface area contributed by atoms with E-state index in [-0.39, 0.29) is 6.04 Å². The topological polar surface area (TPSA) is 43.8 Å². The molecule has 1 fully saturated rings. The number of hydrogen-bond donors (Lipinski definition) is 1. The van der Waals surface area contributed by atoms with Crippen LogP contribution in [-0.4, -0.2) is 9.78 Å². The van der Waals surface area contributed by atoms with Crippen molar-refractivity contribution >= 4 is 0 Å². The maximum Gasteiger partial charge on any atom is 0.0837 e. The predicted octanol–water partition coefficient (Wildman–Crippen LogP) is 2.74. The lowest BCUT2D eigenvalue weighted by Gasteiger charge is -2.26. The average molecular weight is 241 g/mol. The Balaban J connectivity index is 1.79. The molecule has 3 rings (SSSR count). The Morgan fingerprint density at radius 3 is 2.44 bits per heavy atom. The SMILES string of the molecule is Cn1ccc(C(N)c2ccc(C3CCC3)cc2)n1. The van der Waals surface area contributed by atoms with E-state index in [9.17, 15) is 0 Å². The zero-order valence-electron chi connectivity index (χ0n) is 10.7. The van der Waals surface area contributed by atoms with Crippen molar-refractivity contribution in [3.8, 4) is 0 Å². The van der Waals surface area contributed by atoms with Crippen molar-refractivity contribution in [2.24, 2.45) is 12.8 Å². The summed E-state index contributed by atoms with van der Waals surface area (Å²) in [5.74, 6) is 0.783. The van der Waals surface area contributed by atoms with Gasteiger partial charge < -0.3 is 5.73 Å². The van der Waals surface area contributed by atoms with Gasteiger partial charge in [-0.05, 0) is 36.0 Å². The monoisotopic (exact) mass is 241 g/mol. The van der Waals surface area contributed by atoms with E-state index in [1.807, 2.05) is 19.3 Å². The molecule has 94 valence electrons. The van der Waals surface area contributed by atoms with Gasteiger partial charge in [0.15, 0.2) is 0 Å². The Bertz CT molecular complexity index is 523. The number of hydrogen-bond acceptors (Lipinski definition) is 2. The summed E-state index contributed by atoms with van der Waals surface area (Å²) in [4.78, 5) is 0. The first-order valence-electron chi connectivity index (χ1n) is 6.59. The highest BCUT2D eigenvalue weighted by Gasteiger charge is 2.19. The van der Waals surface area contributed by atoms with Gasteiger partial charge in [0.2, 0.25) is 0 Å². The van der Waals surface area contributed by atoms with Gasteiger partial charge in [0.25, 0.3) is 0 Å². The van der Waals surface area contributed by atoms with Crippen LogP contribution in [0.1, 0.15) is 48.0 Å². The molecule has 0 spiro atoms. The Hall–Kier alpha value is -1.61. The Morgan fingerprint density at radius 1 is 1.22 bits per heavy atom. The van der Waals surface area contributed by atoms with Crippen LogP contribution in [0, 0.1) is 0 Å². The largest absolute Gasteiger partial charge is 0.319 e. The molecule has 1 aromatic carbocycles. The van der Waals surface area contributed by atoms with Crippen molar-refractivity contribution < 1.29 is 0 Å². The van der Waals surface area contributed by atoms with Crippen molar-refractivity contribution in [1.82, 2.24) is 9.78 Å². The maximum atomic E-state index is 6.23. The molecular weight excluding hydrogens is 222 g/mol. The predicted molar refractivity (Wildman–Crippen MR) is 72.3 cm³/mol. The van der Waals surface area contributed by atoms with Crippen LogP contribution in [0.2, 0.25) is 0 Å². The number of aromatic nitrogens is 2. The van der Waals surface area contributed by atoms with Crippen LogP contribution in [0.15, 0.2) is 36.5 Å². The van der Waals surface area contributed by atoms with Crippen LogP contribution in [0.5, 0.6) is 0 Å². The molecule has 0 saturated heterocycles. The smallest absolute Gasteiger partial charge is 0.0837 e. The van der Waals surface area contributed by atoms with Gasteiger partial charge in [-0.1, -0.05) is 30.7 Å². The molecule has 2 aromatic rings. The first kappa shape index (κ1) is 11.5. The Labute approximate surface area is 108 Å². The Kier molecular flexibility index (Phi) is 2.92. The van der Waals surface area contributed by atoms with Crippen LogP contribution in [-0.2, 0) is 7.05 Å². The number of nitrogens with two attached hydrogens (primary N) is 1. The van der Waals surface area contributed by atoms with E-state index in [0.717, 1.165) is 17.2 Å². The van der Waals surface area contributed by atoms with Crippen molar-refractivity contribution in [2.75, 3.05) is 0 Å². The minimum Gasteiger partial charge on any atom is -0.319 e. The quantitative estimate of drug-likeness (QED) is 0.898. The summed E-state index contributed by atoms with van der Waals surface area (Å²) in [6.45, 7) is 0. The van der Waals surface area contributed by atoms with Gasteiger partial charge in [-0.3, -0.25) is 4.68 Å². The van der Waals surface area contributed by atoms with Crippen LogP contribution in [0.4, 0.5) is 0 Å². The minimum absolute atomic E-state index is 0.123. The third-order valence-corrected chi connectivity index (χ3v) is 3.93. The molecule has 1 aliphatic rings. The van der Waals surface area contributed by atoms with Gasteiger partial charge in [0.05, 0.1) is 11.7 Å². The van der Waals surface area contributed by atoms with Crippen LogP contribution < -0.4 is 5.73 Å². The van der Waals surface area contributed by atoms with Gasteiger partial charge in [0.1, 0.15) is 0 Å². The molecule has 1 unspecified atom stereocenters. The van der Waals surface area contributed by atoms with Gasteiger partial charge in [-0.2, -0.15) is 5.10 Å². The van der Waals surface area contributed by atoms with Crippen LogP contribution in [0.25, 0.3) is 0 Å². The standard InChI is InChI=1S/C15H19N3/c1-18-10-9-14(17-18)15(16)13-7-5-12(6-8-13)11-3-2-4-11/h5-11,15H,2-4,16H2,1H3. The van der Waals surface area contributed by atoms with Gasteiger partial charge in [0, 0.05) is 13.2 Å². The van der Waals surface area contributed by atoms with Crippen molar-refractivity contribution in [1.29, 1.82) is 0 Å². The second-order valence-electron chi connectivity index (χ2n) is 5.19. The number of benzene rings is 1. The van der Waals surface area contributed by atoms with Crippen molar-refractivity contribution in [3.63, 3.8) is 0 Å². The van der Waals surface area contributed by atoms with E-state index in [1.165, 1.54) is 24.8 Å². The molecule has 1 aliphatic carbocycles. The number of aryl methyl sites for hydroxylation is 1. The van der Waals surface area contributed by atoms with E-state index >= 15 is 0 Å². The molecule has 1 heterocycles. The highest BCUT2D eigenvalue weighted by Crippen LogP contribution is 2.36. The van der Waals surface area contributed by atoms with E-state index in [0.29, 0.717) is 0 Å². The molecule has 0 aliphatic heterocycles. The lowest BCUT2D eigenvalue weighted by Crippen LogP contribution is -2.14. The molecule has 3 heteroatoms.